The molecule has 7 heteroatoms. The van der Waals surface area contributed by atoms with Gasteiger partial charge in [-0.25, -0.2) is 0 Å². The molecule has 5 atom stereocenters. The van der Waals surface area contributed by atoms with E-state index in [4.69, 9.17) is 23.2 Å². The number of carbonyl (C=O) groups is 1. The minimum atomic E-state index is -0.111. The second kappa shape index (κ2) is 12.4. The summed E-state index contributed by atoms with van der Waals surface area (Å²) in [5, 5.41) is 17.3. The number of fused-ring (bicyclic) bond motifs is 2. The molecule has 5 nitrogen and oxygen atoms in total. The summed E-state index contributed by atoms with van der Waals surface area (Å²) < 4.78 is 1.94. The number of carbonyl (C=O) groups excluding carboxylic acids is 1. The molecule has 5 rings (SSSR count). The Morgan fingerprint density at radius 3 is 2.55 bits per heavy atom. The van der Waals surface area contributed by atoms with Crippen molar-refractivity contribution in [2.75, 3.05) is 13.1 Å². The molecule has 40 heavy (non-hydrogen) atoms. The smallest absolute Gasteiger partial charge is 0.253 e. The number of nitriles is 1. The highest BCUT2D eigenvalue weighted by Crippen LogP contribution is 2.45. The minimum Gasteiger partial charge on any atom is -0.351 e. The summed E-state index contributed by atoms with van der Waals surface area (Å²) in [6, 6.07) is 15.4. The molecule has 2 saturated carbocycles. The first kappa shape index (κ1) is 28.7. The molecule has 2 aliphatic rings. The van der Waals surface area contributed by atoms with Crippen molar-refractivity contribution in [3.05, 3.63) is 75.4 Å². The molecule has 1 amide bonds. The van der Waals surface area contributed by atoms with Crippen molar-refractivity contribution >= 4 is 29.1 Å². The van der Waals surface area contributed by atoms with Crippen LogP contribution in [0.15, 0.2) is 48.7 Å². The number of rotatable bonds is 8. The lowest BCUT2D eigenvalue weighted by atomic mass is 9.62. The number of aromatic nitrogens is 1. The summed E-state index contributed by atoms with van der Waals surface area (Å²) in [7, 11) is 0. The Bertz CT molecular complexity index is 1410. The Labute approximate surface area is 247 Å². The first-order valence-electron chi connectivity index (χ1n) is 14.5. The van der Waals surface area contributed by atoms with Crippen molar-refractivity contribution in [3.8, 4) is 23.0 Å². The SMILES string of the molecule is CCC1CC2CC(C)CC(C2)C1NCCNC(=O)c1cn(-c2ccc(Cl)cc2Cl)c(-c2ccc(C#N)cc2)c1C. The molecule has 2 N–H and O–H groups in total. The van der Waals surface area contributed by atoms with Crippen LogP contribution in [0.2, 0.25) is 10.0 Å². The van der Waals surface area contributed by atoms with Crippen LogP contribution in [0, 0.1) is 41.9 Å². The third-order valence-electron chi connectivity index (χ3n) is 9.00. The zero-order valence-electron chi connectivity index (χ0n) is 23.5. The van der Waals surface area contributed by atoms with Gasteiger partial charge in [-0.3, -0.25) is 4.79 Å². The number of hydrogen-bond donors (Lipinski definition) is 2. The third kappa shape index (κ3) is 5.96. The maximum Gasteiger partial charge on any atom is 0.253 e. The standard InChI is InChI=1S/C33H38Cl2N4O/c1-4-24-15-23-13-20(2)14-26(16-23)31(24)37-11-12-38-33(40)28-19-39(30-10-9-27(34)17-29(30)35)32(21(28)3)25-7-5-22(18-36)6-8-25/h5-10,17,19-20,23-24,26,31,37H,4,11-16H2,1-3H3,(H,38,40). The van der Waals surface area contributed by atoms with Gasteiger partial charge in [0, 0.05) is 30.4 Å². The minimum absolute atomic E-state index is 0.111. The molecule has 1 heterocycles. The molecule has 210 valence electrons. The van der Waals surface area contributed by atoms with E-state index in [2.05, 4.69) is 30.6 Å². The molecule has 0 radical (unpaired) electrons. The molecule has 1 aromatic heterocycles. The molecule has 3 aromatic rings. The predicted octanol–water partition coefficient (Wildman–Crippen LogP) is 7.80. The van der Waals surface area contributed by atoms with E-state index < -0.39 is 0 Å². The van der Waals surface area contributed by atoms with E-state index in [1.165, 1.54) is 32.1 Å². The topological polar surface area (TPSA) is 69.8 Å². The van der Waals surface area contributed by atoms with Crippen molar-refractivity contribution in [1.82, 2.24) is 15.2 Å². The van der Waals surface area contributed by atoms with Crippen LogP contribution in [-0.2, 0) is 0 Å². The second-order valence-electron chi connectivity index (χ2n) is 11.7. The van der Waals surface area contributed by atoms with E-state index in [0.29, 0.717) is 33.8 Å². The van der Waals surface area contributed by atoms with E-state index >= 15 is 0 Å². The second-order valence-corrected chi connectivity index (χ2v) is 12.6. The van der Waals surface area contributed by atoms with E-state index in [0.717, 1.165) is 52.7 Å². The fourth-order valence-corrected chi connectivity index (χ4v) is 7.76. The average molecular weight is 578 g/mol. The van der Waals surface area contributed by atoms with E-state index in [1.54, 1.807) is 24.3 Å². The van der Waals surface area contributed by atoms with Gasteiger partial charge < -0.3 is 15.2 Å². The Balaban J connectivity index is 1.33. The summed E-state index contributed by atoms with van der Waals surface area (Å²) in [4.78, 5) is 13.5. The Kier molecular flexibility index (Phi) is 8.90. The fraction of sp³-hybridized carbons (Fsp3) is 0.455. The van der Waals surface area contributed by atoms with E-state index in [-0.39, 0.29) is 5.91 Å². The van der Waals surface area contributed by atoms with Gasteiger partial charge in [0.1, 0.15) is 0 Å². The quantitative estimate of drug-likeness (QED) is 0.269. The van der Waals surface area contributed by atoms with Crippen molar-refractivity contribution < 1.29 is 4.79 Å². The van der Waals surface area contributed by atoms with Crippen LogP contribution >= 0.6 is 23.2 Å². The fourth-order valence-electron chi connectivity index (χ4n) is 7.26. The molecule has 2 aliphatic carbocycles. The zero-order chi connectivity index (χ0) is 28.4. The van der Waals surface area contributed by atoms with Gasteiger partial charge in [0.05, 0.1) is 33.6 Å². The summed E-state index contributed by atoms with van der Waals surface area (Å²) in [6.45, 7) is 8.00. The lowest BCUT2D eigenvalue weighted by Crippen LogP contribution is -2.51. The number of benzene rings is 2. The molecule has 5 unspecified atom stereocenters. The normalized spacial score (nSPS) is 23.9. The van der Waals surface area contributed by atoms with Gasteiger partial charge in [0.2, 0.25) is 0 Å². The highest BCUT2D eigenvalue weighted by molar-refractivity contribution is 6.35. The molecule has 2 fully saturated rings. The lowest BCUT2D eigenvalue weighted by Gasteiger charge is -2.47. The highest BCUT2D eigenvalue weighted by Gasteiger charge is 2.40. The van der Waals surface area contributed by atoms with Gasteiger partial charge in [-0.05, 0) is 97.7 Å². The zero-order valence-corrected chi connectivity index (χ0v) is 25.0. The number of halogens is 2. The van der Waals surface area contributed by atoms with Crippen LogP contribution < -0.4 is 10.6 Å². The van der Waals surface area contributed by atoms with Crippen LogP contribution in [0.5, 0.6) is 0 Å². The molecule has 2 bridgehead atoms. The predicted molar refractivity (Wildman–Crippen MR) is 163 cm³/mol. The van der Waals surface area contributed by atoms with Gasteiger partial charge in [0.15, 0.2) is 0 Å². The monoisotopic (exact) mass is 576 g/mol. The number of amides is 1. The Morgan fingerprint density at radius 2 is 1.85 bits per heavy atom. The lowest BCUT2D eigenvalue weighted by molar-refractivity contribution is 0.0612. The largest absolute Gasteiger partial charge is 0.351 e. The molecule has 2 aromatic carbocycles. The van der Waals surface area contributed by atoms with E-state index in [1.807, 2.05) is 35.9 Å². The number of hydrogen-bond acceptors (Lipinski definition) is 3. The van der Waals surface area contributed by atoms with Gasteiger partial charge >= 0.3 is 0 Å². The van der Waals surface area contributed by atoms with Crippen LogP contribution in [-0.4, -0.2) is 29.6 Å². The van der Waals surface area contributed by atoms with Gasteiger partial charge in [0.25, 0.3) is 5.91 Å². The van der Waals surface area contributed by atoms with Crippen molar-refractivity contribution in [3.63, 3.8) is 0 Å². The first-order chi connectivity index (χ1) is 19.3. The maximum absolute atomic E-state index is 13.5. The van der Waals surface area contributed by atoms with Crippen molar-refractivity contribution in [2.45, 2.75) is 58.9 Å². The Hall–Kier alpha value is -2.78. The van der Waals surface area contributed by atoms with Crippen LogP contribution in [0.1, 0.15) is 67.4 Å². The molecule has 0 spiro atoms. The summed E-state index contributed by atoms with van der Waals surface area (Å²) in [5.74, 6) is 3.07. The van der Waals surface area contributed by atoms with Gasteiger partial charge in [-0.1, -0.05) is 55.6 Å². The third-order valence-corrected chi connectivity index (χ3v) is 9.54. The first-order valence-corrected chi connectivity index (χ1v) is 15.2. The van der Waals surface area contributed by atoms with Gasteiger partial charge in [-0.2, -0.15) is 5.26 Å². The average Bonchev–Trinajstić information content (AvgIpc) is 3.28. The van der Waals surface area contributed by atoms with Crippen molar-refractivity contribution in [2.24, 2.45) is 23.7 Å². The number of nitrogens with zero attached hydrogens (tertiary/aromatic N) is 2. The summed E-state index contributed by atoms with van der Waals surface area (Å²) in [5.41, 5.74) is 4.51. The van der Waals surface area contributed by atoms with Crippen LogP contribution in [0.25, 0.3) is 16.9 Å². The molecular weight excluding hydrogens is 539 g/mol. The van der Waals surface area contributed by atoms with E-state index in [9.17, 15) is 10.1 Å². The molecular formula is C33H38Cl2N4O. The number of nitrogens with one attached hydrogen (secondary N) is 2. The summed E-state index contributed by atoms with van der Waals surface area (Å²) >= 11 is 12.8. The molecule has 0 aliphatic heterocycles. The highest BCUT2D eigenvalue weighted by atomic mass is 35.5. The molecule has 0 saturated heterocycles. The maximum atomic E-state index is 13.5. The van der Waals surface area contributed by atoms with Crippen LogP contribution in [0.3, 0.4) is 0 Å². The summed E-state index contributed by atoms with van der Waals surface area (Å²) in [6.07, 6.45) is 8.44. The van der Waals surface area contributed by atoms with Crippen molar-refractivity contribution in [1.29, 1.82) is 5.26 Å². The van der Waals surface area contributed by atoms with Crippen LogP contribution in [0.4, 0.5) is 0 Å². The Morgan fingerprint density at radius 1 is 1.07 bits per heavy atom. The van der Waals surface area contributed by atoms with Gasteiger partial charge in [-0.15, -0.1) is 0 Å².